The molecule has 1 fully saturated rings. The first-order valence-electron chi connectivity index (χ1n) is 8.55. The van der Waals surface area contributed by atoms with Crippen molar-refractivity contribution in [1.29, 1.82) is 0 Å². The number of aromatic amines is 1. The standard InChI is InChI=1S/C19H18Cl2N4S/c20-13-3-6-15(7-4-13)22-19(26)25-9-1-2-12(11-25)18-23-16-8-5-14(21)10-17(16)24-18/h3-8,10,12H,1-2,9,11H2,(H,22,26)(H,23,24). The Labute approximate surface area is 167 Å². The van der Waals surface area contributed by atoms with Gasteiger partial charge in [-0.15, -0.1) is 0 Å². The fourth-order valence-electron chi connectivity index (χ4n) is 3.32. The first-order chi connectivity index (χ1) is 12.6. The van der Waals surface area contributed by atoms with E-state index >= 15 is 0 Å². The van der Waals surface area contributed by atoms with E-state index < -0.39 is 0 Å². The Morgan fingerprint density at radius 1 is 1.15 bits per heavy atom. The number of hydrogen-bond donors (Lipinski definition) is 2. The number of likely N-dealkylation sites (tertiary alicyclic amines) is 1. The number of piperidine rings is 1. The Morgan fingerprint density at radius 2 is 1.92 bits per heavy atom. The Balaban J connectivity index is 1.47. The van der Waals surface area contributed by atoms with Gasteiger partial charge in [-0.2, -0.15) is 0 Å². The first-order valence-corrected chi connectivity index (χ1v) is 9.71. The van der Waals surface area contributed by atoms with Crippen LogP contribution in [0.25, 0.3) is 11.0 Å². The molecule has 0 aliphatic carbocycles. The average molecular weight is 405 g/mol. The molecule has 0 bridgehead atoms. The van der Waals surface area contributed by atoms with Gasteiger partial charge in [-0.1, -0.05) is 23.2 Å². The molecule has 0 amide bonds. The third-order valence-corrected chi connectivity index (χ3v) is 5.50. The lowest BCUT2D eigenvalue weighted by Gasteiger charge is -2.33. The maximum absolute atomic E-state index is 6.08. The van der Waals surface area contributed by atoms with E-state index in [1.807, 2.05) is 42.5 Å². The fraction of sp³-hybridized carbons (Fsp3) is 0.263. The summed E-state index contributed by atoms with van der Waals surface area (Å²) in [7, 11) is 0. The molecule has 4 nitrogen and oxygen atoms in total. The number of nitrogens with zero attached hydrogens (tertiary/aromatic N) is 2. The van der Waals surface area contributed by atoms with Crippen molar-refractivity contribution in [2.24, 2.45) is 0 Å². The molecule has 1 aliphatic heterocycles. The molecule has 1 saturated heterocycles. The van der Waals surface area contributed by atoms with Gasteiger partial charge in [0, 0.05) is 34.7 Å². The van der Waals surface area contributed by atoms with Crippen molar-refractivity contribution in [3.63, 3.8) is 0 Å². The minimum atomic E-state index is 0.319. The summed E-state index contributed by atoms with van der Waals surface area (Å²) < 4.78 is 0. The minimum Gasteiger partial charge on any atom is -0.348 e. The van der Waals surface area contributed by atoms with E-state index in [9.17, 15) is 0 Å². The minimum absolute atomic E-state index is 0.319. The van der Waals surface area contributed by atoms with Crippen LogP contribution in [0.1, 0.15) is 24.6 Å². The van der Waals surface area contributed by atoms with Crippen LogP contribution in [0.4, 0.5) is 5.69 Å². The fourth-order valence-corrected chi connectivity index (χ4v) is 3.90. The number of halogens is 2. The third-order valence-electron chi connectivity index (χ3n) is 4.65. The molecule has 2 N–H and O–H groups in total. The van der Waals surface area contributed by atoms with Gasteiger partial charge in [0.1, 0.15) is 5.82 Å². The SMILES string of the molecule is S=C(Nc1ccc(Cl)cc1)N1CCCC(c2nc3ccc(Cl)cc3[nH]2)C1. The zero-order valence-corrected chi connectivity index (χ0v) is 16.3. The lowest BCUT2D eigenvalue weighted by Crippen LogP contribution is -2.41. The summed E-state index contributed by atoms with van der Waals surface area (Å²) in [6.07, 6.45) is 2.17. The van der Waals surface area contributed by atoms with E-state index in [0.717, 1.165) is 53.6 Å². The van der Waals surface area contributed by atoms with Gasteiger partial charge in [-0.3, -0.25) is 0 Å². The highest BCUT2D eigenvalue weighted by Crippen LogP contribution is 2.28. The van der Waals surface area contributed by atoms with E-state index in [1.165, 1.54) is 0 Å². The van der Waals surface area contributed by atoms with Crippen LogP contribution in [0, 0.1) is 0 Å². The van der Waals surface area contributed by atoms with E-state index in [1.54, 1.807) is 0 Å². The van der Waals surface area contributed by atoms with Crippen LogP contribution in [0.2, 0.25) is 10.0 Å². The predicted octanol–water partition coefficient (Wildman–Crippen LogP) is 5.45. The van der Waals surface area contributed by atoms with Crippen molar-refractivity contribution in [1.82, 2.24) is 14.9 Å². The van der Waals surface area contributed by atoms with Crippen molar-refractivity contribution in [2.75, 3.05) is 18.4 Å². The quantitative estimate of drug-likeness (QED) is 0.557. The lowest BCUT2D eigenvalue weighted by molar-refractivity contribution is 0.307. The average Bonchev–Trinajstić information content (AvgIpc) is 3.07. The van der Waals surface area contributed by atoms with Gasteiger partial charge in [0.25, 0.3) is 0 Å². The van der Waals surface area contributed by atoms with Crippen molar-refractivity contribution in [2.45, 2.75) is 18.8 Å². The number of H-pyrrole nitrogens is 1. The van der Waals surface area contributed by atoms with Gasteiger partial charge in [0.2, 0.25) is 0 Å². The number of imidazole rings is 1. The summed E-state index contributed by atoms with van der Waals surface area (Å²) in [5.74, 6) is 1.32. The normalized spacial score (nSPS) is 17.5. The number of nitrogens with one attached hydrogen (secondary N) is 2. The zero-order valence-electron chi connectivity index (χ0n) is 14.0. The molecule has 134 valence electrons. The molecule has 26 heavy (non-hydrogen) atoms. The molecule has 4 rings (SSSR count). The van der Waals surface area contributed by atoms with E-state index in [-0.39, 0.29) is 0 Å². The van der Waals surface area contributed by atoms with Crippen LogP contribution in [-0.4, -0.2) is 33.1 Å². The van der Waals surface area contributed by atoms with E-state index in [0.29, 0.717) is 16.0 Å². The van der Waals surface area contributed by atoms with Crippen molar-refractivity contribution >= 4 is 57.3 Å². The molecule has 1 unspecified atom stereocenters. The topological polar surface area (TPSA) is 44.0 Å². The number of rotatable bonds is 2. The molecule has 0 saturated carbocycles. The van der Waals surface area contributed by atoms with Crippen LogP contribution in [0.5, 0.6) is 0 Å². The smallest absolute Gasteiger partial charge is 0.173 e. The Bertz CT molecular complexity index is 938. The largest absolute Gasteiger partial charge is 0.348 e. The maximum Gasteiger partial charge on any atom is 0.173 e. The molecule has 1 atom stereocenters. The number of aromatic nitrogens is 2. The van der Waals surface area contributed by atoms with Crippen LogP contribution >= 0.6 is 35.4 Å². The van der Waals surface area contributed by atoms with Gasteiger partial charge in [0.15, 0.2) is 5.11 Å². The number of hydrogen-bond acceptors (Lipinski definition) is 2. The number of benzene rings is 2. The Kier molecular flexibility index (Phi) is 5.02. The second kappa shape index (κ2) is 7.43. The lowest BCUT2D eigenvalue weighted by atomic mass is 9.98. The summed E-state index contributed by atoms with van der Waals surface area (Å²) in [5, 5.41) is 5.45. The zero-order chi connectivity index (χ0) is 18.1. The molecule has 0 radical (unpaired) electrons. The second-order valence-electron chi connectivity index (χ2n) is 6.51. The molecule has 1 aliphatic rings. The van der Waals surface area contributed by atoms with Gasteiger partial charge < -0.3 is 15.2 Å². The molecule has 2 heterocycles. The van der Waals surface area contributed by atoms with Gasteiger partial charge in [0.05, 0.1) is 11.0 Å². The number of thiocarbonyl (C=S) groups is 1. The molecule has 7 heteroatoms. The second-order valence-corrected chi connectivity index (χ2v) is 7.77. The summed E-state index contributed by atoms with van der Waals surface area (Å²) >= 11 is 17.6. The summed E-state index contributed by atoms with van der Waals surface area (Å²) in [6, 6.07) is 13.3. The molecular formula is C19H18Cl2N4S. The highest BCUT2D eigenvalue weighted by molar-refractivity contribution is 7.80. The Hall–Kier alpha value is -1.82. The molecule has 2 aromatic carbocycles. The molecular weight excluding hydrogens is 387 g/mol. The van der Waals surface area contributed by atoms with E-state index in [4.69, 9.17) is 40.4 Å². The monoisotopic (exact) mass is 404 g/mol. The van der Waals surface area contributed by atoms with Gasteiger partial charge in [-0.25, -0.2) is 4.98 Å². The van der Waals surface area contributed by atoms with E-state index in [2.05, 4.69) is 15.2 Å². The molecule has 0 spiro atoms. The first kappa shape index (κ1) is 17.6. The molecule has 3 aromatic rings. The van der Waals surface area contributed by atoms with Gasteiger partial charge in [-0.05, 0) is 67.5 Å². The summed E-state index contributed by atoms with van der Waals surface area (Å²) in [4.78, 5) is 10.4. The molecule has 1 aromatic heterocycles. The van der Waals surface area contributed by atoms with Crippen molar-refractivity contribution < 1.29 is 0 Å². The van der Waals surface area contributed by atoms with Crippen molar-refractivity contribution in [3.05, 3.63) is 58.3 Å². The van der Waals surface area contributed by atoms with Crippen LogP contribution < -0.4 is 5.32 Å². The van der Waals surface area contributed by atoms with Crippen LogP contribution in [-0.2, 0) is 0 Å². The van der Waals surface area contributed by atoms with Crippen LogP contribution in [0.15, 0.2) is 42.5 Å². The highest BCUT2D eigenvalue weighted by Gasteiger charge is 2.25. The number of anilines is 1. The third kappa shape index (κ3) is 3.80. The van der Waals surface area contributed by atoms with Gasteiger partial charge >= 0.3 is 0 Å². The summed E-state index contributed by atoms with van der Waals surface area (Å²) in [6.45, 7) is 1.79. The van der Waals surface area contributed by atoms with Crippen molar-refractivity contribution in [3.8, 4) is 0 Å². The number of fused-ring (bicyclic) bond motifs is 1. The Morgan fingerprint density at radius 3 is 2.73 bits per heavy atom. The van der Waals surface area contributed by atoms with Crippen LogP contribution in [0.3, 0.4) is 0 Å². The summed E-state index contributed by atoms with van der Waals surface area (Å²) in [5.41, 5.74) is 2.87. The predicted molar refractivity (Wildman–Crippen MR) is 112 cm³/mol. The highest BCUT2D eigenvalue weighted by atomic mass is 35.5. The maximum atomic E-state index is 6.08.